The van der Waals surface area contributed by atoms with E-state index in [1.807, 2.05) is 0 Å². The number of anilines is 1. The molecule has 118 valence electrons. The number of amides is 1. The molecule has 0 aliphatic heterocycles. The molecule has 0 radical (unpaired) electrons. The van der Waals surface area contributed by atoms with Crippen LogP contribution in [0.2, 0.25) is 0 Å². The van der Waals surface area contributed by atoms with E-state index in [0.717, 1.165) is 0 Å². The van der Waals surface area contributed by atoms with Gasteiger partial charge in [0.1, 0.15) is 11.6 Å². The SMILES string of the molecule is O=C(O)[C@H]1C[C@H]1C(=O)Nc1ccc(Oc2ccc(F)cc2)nc1. The van der Waals surface area contributed by atoms with Crippen LogP contribution in [0.15, 0.2) is 42.6 Å². The van der Waals surface area contributed by atoms with Gasteiger partial charge in [-0.05, 0) is 36.8 Å². The summed E-state index contributed by atoms with van der Waals surface area (Å²) in [6.07, 6.45) is 1.77. The Morgan fingerprint density at radius 1 is 1.17 bits per heavy atom. The van der Waals surface area contributed by atoms with Crippen molar-refractivity contribution in [3.63, 3.8) is 0 Å². The van der Waals surface area contributed by atoms with Crippen LogP contribution >= 0.6 is 0 Å². The van der Waals surface area contributed by atoms with Gasteiger partial charge in [-0.3, -0.25) is 9.59 Å². The fourth-order valence-electron chi connectivity index (χ4n) is 2.13. The van der Waals surface area contributed by atoms with Crippen molar-refractivity contribution in [1.82, 2.24) is 4.98 Å². The largest absolute Gasteiger partial charge is 0.481 e. The van der Waals surface area contributed by atoms with Crippen molar-refractivity contribution in [3.8, 4) is 11.6 Å². The van der Waals surface area contributed by atoms with Gasteiger partial charge in [0.15, 0.2) is 0 Å². The molecule has 2 N–H and O–H groups in total. The highest BCUT2D eigenvalue weighted by Crippen LogP contribution is 2.39. The number of halogens is 1. The van der Waals surface area contributed by atoms with Gasteiger partial charge in [-0.2, -0.15) is 0 Å². The number of carboxylic acid groups (broad SMARTS) is 1. The fraction of sp³-hybridized carbons (Fsp3) is 0.188. The fourth-order valence-corrected chi connectivity index (χ4v) is 2.13. The Bertz CT molecular complexity index is 731. The zero-order valence-corrected chi connectivity index (χ0v) is 11.9. The quantitative estimate of drug-likeness (QED) is 0.885. The topological polar surface area (TPSA) is 88.5 Å². The van der Waals surface area contributed by atoms with Gasteiger partial charge >= 0.3 is 5.97 Å². The number of benzene rings is 1. The summed E-state index contributed by atoms with van der Waals surface area (Å²) in [5.41, 5.74) is 0.456. The highest BCUT2D eigenvalue weighted by molar-refractivity contribution is 5.98. The summed E-state index contributed by atoms with van der Waals surface area (Å²) in [5.74, 6) is -1.98. The van der Waals surface area contributed by atoms with E-state index < -0.39 is 17.8 Å². The lowest BCUT2D eigenvalue weighted by Gasteiger charge is -2.07. The number of ether oxygens (including phenoxy) is 1. The maximum atomic E-state index is 12.8. The van der Waals surface area contributed by atoms with Crippen LogP contribution in [0.5, 0.6) is 11.6 Å². The van der Waals surface area contributed by atoms with E-state index in [0.29, 0.717) is 23.7 Å². The summed E-state index contributed by atoms with van der Waals surface area (Å²) in [6, 6.07) is 8.66. The van der Waals surface area contributed by atoms with Crippen LogP contribution in [0.1, 0.15) is 6.42 Å². The summed E-state index contributed by atoms with van der Waals surface area (Å²) in [7, 11) is 0. The molecule has 3 rings (SSSR count). The molecule has 1 aliphatic carbocycles. The van der Waals surface area contributed by atoms with Crippen molar-refractivity contribution in [2.24, 2.45) is 11.8 Å². The molecule has 1 heterocycles. The van der Waals surface area contributed by atoms with Crippen LogP contribution in [0, 0.1) is 17.7 Å². The predicted octanol–water partition coefficient (Wildman–Crippen LogP) is 2.67. The first-order valence-electron chi connectivity index (χ1n) is 6.96. The third-order valence-corrected chi connectivity index (χ3v) is 3.48. The minimum atomic E-state index is -0.952. The predicted molar refractivity (Wildman–Crippen MR) is 78.6 cm³/mol. The van der Waals surface area contributed by atoms with Crippen molar-refractivity contribution >= 4 is 17.6 Å². The molecule has 1 aromatic heterocycles. The molecule has 7 heteroatoms. The second-order valence-electron chi connectivity index (χ2n) is 5.22. The second kappa shape index (κ2) is 6.04. The molecule has 0 unspecified atom stereocenters. The number of aromatic nitrogens is 1. The zero-order chi connectivity index (χ0) is 16.4. The molecular formula is C16H13FN2O4. The first kappa shape index (κ1) is 15.0. The van der Waals surface area contributed by atoms with Gasteiger partial charge in [0.25, 0.3) is 0 Å². The van der Waals surface area contributed by atoms with Crippen LogP contribution in [-0.4, -0.2) is 22.0 Å². The number of carbonyl (C=O) groups excluding carboxylic acids is 1. The summed E-state index contributed by atoms with van der Waals surface area (Å²) in [4.78, 5) is 26.6. The summed E-state index contributed by atoms with van der Waals surface area (Å²) >= 11 is 0. The number of nitrogens with one attached hydrogen (secondary N) is 1. The normalized spacial score (nSPS) is 19.0. The van der Waals surface area contributed by atoms with Crippen LogP contribution < -0.4 is 10.1 Å². The molecule has 2 aromatic rings. The average Bonchev–Trinajstić information content (AvgIpc) is 3.32. The van der Waals surface area contributed by atoms with Gasteiger partial charge in [0.2, 0.25) is 11.8 Å². The Morgan fingerprint density at radius 3 is 2.48 bits per heavy atom. The Balaban J connectivity index is 1.58. The average molecular weight is 316 g/mol. The van der Waals surface area contributed by atoms with E-state index in [1.165, 1.54) is 30.5 Å². The van der Waals surface area contributed by atoms with Gasteiger partial charge < -0.3 is 15.2 Å². The Kier molecular flexibility index (Phi) is 3.92. The van der Waals surface area contributed by atoms with E-state index >= 15 is 0 Å². The first-order valence-corrected chi connectivity index (χ1v) is 6.96. The number of pyridine rings is 1. The maximum absolute atomic E-state index is 12.8. The summed E-state index contributed by atoms with van der Waals surface area (Å²) in [6.45, 7) is 0. The number of rotatable bonds is 5. The maximum Gasteiger partial charge on any atom is 0.307 e. The number of nitrogens with zero attached hydrogens (tertiary/aromatic N) is 1. The smallest absolute Gasteiger partial charge is 0.307 e. The second-order valence-corrected chi connectivity index (χ2v) is 5.22. The van der Waals surface area contributed by atoms with Crippen molar-refractivity contribution in [2.75, 3.05) is 5.32 Å². The van der Waals surface area contributed by atoms with E-state index in [1.54, 1.807) is 12.1 Å². The molecule has 0 bridgehead atoms. The van der Waals surface area contributed by atoms with Gasteiger partial charge in [-0.15, -0.1) is 0 Å². The zero-order valence-electron chi connectivity index (χ0n) is 11.9. The third kappa shape index (κ3) is 3.63. The molecule has 0 spiro atoms. The van der Waals surface area contributed by atoms with E-state index in [-0.39, 0.29) is 11.7 Å². The van der Waals surface area contributed by atoms with Crippen LogP contribution in [0.4, 0.5) is 10.1 Å². The van der Waals surface area contributed by atoms with Crippen molar-refractivity contribution in [3.05, 3.63) is 48.4 Å². The lowest BCUT2D eigenvalue weighted by molar-refractivity contribution is -0.139. The van der Waals surface area contributed by atoms with Crippen molar-refractivity contribution in [2.45, 2.75) is 6.42 Å². The molecule has 1 amide bonds. The highest BCUT2D eigenvalue weighted by Gasteiger charge is 2.48. The first-order chi connectivity index (χ1) is 11.0. The number of aliphatic carboxylic acids is 1. The summed E-state index contributed by atoms with van der Waals surface area (Å²) in [5, 5.41) is 11.4. The van der Waals surface area contributed by atoms with Crippen molar-refractivity contribution in [1.29, 1.82) is 0 Å². The van der Waals surface area contributed by atoms with E-state index in [2.05, 4.69) is 10.3 Å². The van der Waals surface area contributed by atoms with Gasteiger partial charge in [0.05, 0.1) is 23.7 Å². The van der Waals surface area contributed by atoms with Crippen LogP contribution in [-0.2, 0) is 9.59 Å². The Morgan fingerprint density at radius 2 is 1.91 bits per heavy atom. The van der Waals surface area contributed by atoms with E-state index in [9.17, 15) is 14.0 Å². The number of carboxylic acids is 1. The molecular weight excluding hydrogens is 303 g/mol. The Hall–Kier alpha value is -2.96. The summed E-state index contributed by atoms with van der Waals surface area (Å²) < 4.78 is 18.2. The lowest BCUT2D eigenvalue weighted by atomic mass is 10.3. The third-order valence-electron chi connectivity index (χ3n) is 3.48. The molecule has 1 aromatic carbocycles. The minimum Gasteiger partial charge on any atom is -0.481 e. The molecule has 23 heavy (non-hydrogen) atoms. The Labute approximate surface area is 130 Å². The molecule has 1 saturated carbocycles. The number of hydrogen-bond donors (Lipinski definition) is 2. The van der Waals surface area contributed by atoms with Crippen LogP contribution in [0.3, 0.4) is 0 Å². The molecule has 6 nitrogen and oxygen atoms in total. The highest BCUT2D eigenvalue weighted by atomic mass is 19.1. The standard InChI is InChI=1S/C16H13FN2O4/c17-9-1-4-11(5-2-9)23-14-6-3-10(8-18-14)19-15(20)12-7-13(12)16(21)22/h1-6,8,12-13H,7H2,(H,19,20)(H,21,22)/t12-,13+/m1/s1. The molecule has 1 fully saturated rings. The van der Waals surface area contributed by atoms with Crippen LogP contribution in [0.25, 0.3) is 0 Å². The molecule has 0 saturated heterocycles. The van der Waals surface area contributed by atoms with Gasteiger partial charge in [0, 0.05) is 6.07 Å². The van der Waals surface area contributed by atoms with Crippen molar-refractivity contribution < 1.29 is 23.8 Å². The lowest BCUT2D eigenvalue weighted by Crippen LogP contribution is -2.16. The molecule has 2 atom stereocenters. The number of hydrogen-bond acceptors (Lipinski definition) is 4. The van der Waals surface area contributed by atoms with E-state index in [4.69, 9.17) is 9.84 Å². The van der Waals surface area contributed by atoms with Gasteiger partial charge in [-0.1, -0.05) is 0 Å². The minimum absolute atomic E-state index is 0.296. The monoisotopic (exact) mass is 316 g/mol. The molecule has 1 aliphatic rings. The van der Waals surface area contributed by atoms with Gasteiger partial charge in [-0.25, -0.2) is 9.37 Å². The number of carbonyl (C=O) groups is 2.